The van der Waals surface area contributed by atoms with Crippen LogP contribution in [0.5, 0.6) is 11.9 Å². The molecule has 1 aromatic carbocycles. The van der Waals surface area contributed by atoms with Gasteiger partial charge in [0.15, 0.2) is 5.82 Å². The highest BCUT2D eigenvalue weighted by molar-refractivity contribution is 6.02. The van der Waals surface area contributed by atoms with E-state index < -0.39 is 52.3 Å². The Morgan fingerprint density at radius 1 is 1.17 bits per heavy atom. The standard InChI is InChI=1S/C35H36F5N9O3/c1-16-9-23-22(12-43-47-23)24(26(16)35(38,39)40)28-27(37)29-25-31(46-33(45-29)52-15-34-6-4-8-48(34)20(13-50)5-7-34)49(17(2)14-51-32(25)44-28)18(3)21-10-19(36)11-42-30(21)41/h9-12,17-18,20,50H,4-8,13-15H2,1-3H3,(H2,41,42)(H,43,47)/t17-,18+,20+,34+/m0/s1. The van der Waals surface area contributed by atoms with Crippen molar-refractivity contribution in [3.8, 4) is 23.1 Å². The maximum absolute atomic E-state index is 17.2. The van der Waals surface area contributed by atoms with Gasteiger partial charge < -0.3 is 25.2 Å². The van der Waals surface area contributed by atoms with Crippen molar-refractivity contribution >= 4 is 33.4 Å². The van der Waals surface area contributed by atoms with Gasteiger partial charge in [-0.3, -0.25) is 10.00 Å². The van der Waals surface area contributed by atoms with E-state index in [0.29, 0.717) is 5.56 Å². The van der Waals surface area contributed by atoms with E-state index in [0.717, 1.165) is 38.4 Å². The average molecular weight is 726 g/mol. The topological polar surface area (TPSA) is 151 Å². The molecule has 3 aliphatic heterocycles. The monoisotopic (exact) mass is 725 g/mol. The summed E-state index contributed by atoms with van der Waals surface area (Å²) >= 11 is 0. The average Bonchev–Trinajstić information content (AvgIpc) is 3.80. The van der Waals surface area contributed by atoms with E-state index in [1.807, 2.05) is 0 Å². The molecular formula is C35H36F5N9O3. The predicted molar refractivity (Wildman–Crippen MR) is 181 cm³/mol. The summed E-state index contributed by atoms with van der Waals surface area (Å²) in [6, 6.07) is 1.09. The molecule has 8 rings (SSSR count). The van der Waals surface area contributed by atoms with Crippen LogP contribution >= 0.6 is 0 Å². The summed E-state index contributed by atoms with van der Waals surface area (Å²) in [5.74, 6) is -1.77. The Labute approximate surface area is 294 Å². The van der Waals surface area contributed by atoms with Gasteiger partial charge in [-0.1, -0.05) is 0 Å². The van der Waals surface area contributed by atoms with E-state index in [-0.39, 0.29) is 76.8 Å². The lowest BCUT2D eigenvalue weighted by Gasteiger charge is -2.35. The molecule has 52 heavy (non-hydrogen) atoms. The Kier molecular flexibility index (Phi) is 8.13. The minimum Gasteiger partial charge on any atom is -0.475 e. The summed E-state index contributed by atoms with van der Waals surface area (Å²) in [4.78, 5) is 21.7. The van der Waals surface area contributed by atoms with Gasteiger partial charge in [-0.15, -0.1) is 0 Å². The smallest absolute Gasteiger partial charge is 0.417 e. The first kappa shape index (κ1) is 34.2. The number of hydrogen-bond donors (Lipinski definition) is 3. The highest BCUT2D eigenvalue weighted by Crippen LogP contribution is 2.48. The van der Waals surface area contributed by atoms with Crippen molar-refractivity contribution in [2.45, 2.75) is 76.3 Å². The number of ether oxygens (including phenoxy) is 2. The summed E-state index contributed by atoms with van der Waals surface area (Å²) in [7, 11) is 0. The molecule has 12 nitrogen and oxygen atoms in total. The second kappa shape index (κ2) is 12.4. The Bertz CT molecular complexity index is 2220. The van der Waals surface area contributed by atoms with Crippen LogP contribution in [-0.4, -0.2) is 84.1 Å². The van der Waals surface area contributed by atoms with Crippen molar-refractivity contribution in [3.05, 3.63) is 52.9 Å². The van der Waals surface area contributed by atoms with Crippen molar-refractivity contribution in [2.75, 3.05) is 37.0 Å². The zero-order valence-electron chi connectivity index (χ0n) is 28.6. The number of halogens is 5. The van der Waals surface area contributed by atoms with Gasteiger partial charge in [0.25, 0.3) is 0 Å². The molecule has 0 unspecified atom stereocenters. The number of anilines is 2. The van der Waals surface area contributed by atoms with Crippen LogP contribution in [0, 0.1) is 18.6 Å². The predicted octanol–water partition coefficient (Wildman–Crippen LogP) is 5.87. The fourth-order valence-electron chi connectivity index (χ4n) is 8.47. The molecule has 3 aliphatic rings. The third kappa shape index (κ3) is 5.35. The fraction of sp³-hybridized carbons (Fsp3) is 0.457. The number of hydrogen-bond acceptors (Lipinski definition) is 11. The van der Waals surface area contributed by atoms with Crippen molar-refractivity contribution < 1.29 is 36.5 Å². The number of aryl methyl sites for hydroxylation is 1. The van der Waals surface area contributed by atoms with Gasteiger partial charge in [-0.05, 0) is 70.7 Å². The molecule has 17 heteroatoms. The first-order chi connectivity index (χ1) is 24.8. The van der Waals surface area contributed by atoms with Gasteiger partial charge in [0.1, 0.15) is 47.3 Å². The largest absolute Gasteiger partial charge is 0.475 e. The summed E-state index contributed by atoms with van der Waals surface area (Å²) < 4.78 is 88.5. The molecule has 7 heterocycles. The summed E-state index contributed by atoms with van der Waals surface area (Å²) in [5, 5.41) is 16.6. The van der Waals surface area contributed by atoms with Gasteiger partial charge in [-0.25, -0.2) is 18.7 Å². The fourth-order valence-corrected chi connectivity index (χ4v) is 8.47. The second-order valence-electron chi connectivity index (χ2n) is 14.0. The maximum atomic E-state index is 17.2. The zero-order chi connectivity index (χ0) is 36.7. The van der Waals surface area contributed by atoms with Crippen LogP contribution in [0.3, 0.4) is 0 Å². The molecule has 274 valence electrons. The molecule has 4 N–H and O–H groups in total. The van der Waals surface area contributed by atoms with E-state index in [2.05, 4.69) is 30.0 Å². The first-order valence-corrected chi connectivity index (χ1v) is 17.1. The normalized spacial score (nSPS) is 22.5. The quantitative estimate of drug-likeness (QED) is 0.173. The highest BCUT2D eigenvalue weighted by atomic mass is 19.4. The molecule has 4 aromatic heterocycles. The number of nitrogen functional groups attached to an aromatic ring is 1. The molecule has 4 atom stereocenters. The van der Waals surface area contributed by atoms with Gasteiger partial charge in [0.05, 0.1) is 47.7 Å². The lowest BCUT2D eigenvalue weighted by atomic mass is 9.94. The van der Waals surface area contributed by atoms with Crippen LogP contribution in [-0.2, 0) is 6.18 Å². The van der Waals surface area contributed by atoms with E-state index >= 15 is 4.39 Å². The molecule has 0 bridgehead atoms. The Balaban J connectivity index is 1.36. The number of alkyl halides is 3. The van der Waals surface area contributed by atoms with Crippen LogP contribution in [0.2, 0.25) is 0 Å². The zero-order valence-corrected chi connectivity index (χ0v) is 28.6. The minimum absolute atomic E-state index is 0.000694. The van der Waals surface area contributed by atoms with E-state index in [1.165, 1.54) is 25.3 Å². The van der Waals surface area contributed by atoms with Crippen molar-refractivity contribution in [3.63, 3.8) is 0 Å². The number of aromatic nitrogens is 6. The van der Waals surface area contributed by atoms with Crippen LogP contribution < -0.4 is 20.1 Å². The number of rotatable bonds is 7. The first-order valence-electron chi connectivity index (χ1n) is 17.1. The molecule has 0 spiro atoms. The molecule has 0 aliphatic carbocycles. The number of H-pyrrole nitrogens is 1. The Morgan fingerprint density at radius 2 is 1.98 bits per heavy atom. The lowest BCUT2D eigenvalue weighted by Crippen LogP contribution is -2.47. The maximum Gasteiger partial charge on any atom is 0.417 e. The van der Waals surface area contributed by atoms with Crippen molar-refractivity contribution in [1.29, 1.82) is 0 Å². The summed E-state index contributed by atoms with van der Waals surface area (Å²) in [5.41, 5.74) is 3.66. The third-order valence-electron chi connectivity index (χ3n) is 10.9. The molecule has 2 fully saturated rings. The molecule has 0 amide bonds. The van der Waals surface area contributed by atoms with Crippen LogP contribution in [0.1, 0.15) is 62.3 Å². The number of nitrogens with one attached hydrogen (secondary N) is 1. The van der Waals surface area contributed by atoms with Gasteiger partial charge in [-0.2, -0.15) is 28.2 Å². The van der Waals surface area contributed by atoms with Crippen molar-refractivity contribution in [1.82, 2.24) is 35.0 Å². The van der Waals surface area contributed by atoms with E-state index in [1.54, 1.807) is 18.7 Å². The molecular weight excluding hydrogens is 689 g/mol. The van der Waals surface area contributed by atoms with Gasteiger partial charge >= 0.3 is 12.2 Å². The second-order valence-corrected chi connectivity index (χ2v) is 14.0. The third-order valence-corrected chi connectivity index (χ3v) is 10.9. The van der Waals surface area contributed by atoms with Crippen LogP contribution in [0.25, 0.3) is 33.1 Å². The number of nitrogens with two attached hydrogens (primary N) is 1. The molecule has 2 saturated heterocycles. The van der Waals surface area contributed by atoms with E-state index in [9.17, 15) is 22.7 Å². The summed E-state index contributed by atoms with van der Waals surface area (Å²) in [6.07, 6.45) is 0.567. The van der Waals surface area contributed by atoms with E-state index in [4.69, 9.17) is 20.2 Å². The number of aromatic amines is 1. The number of aliphatic hydroxyl groups is 1. The van der Waals surface area contributed by atoms with Gasteiger partial charge in [0.2, 0.25) is 5.88 Å². The molecule has 0 saturated carbocycles. The number of nitrogens with zero attached hydrogens (tertiary/aromatic N) is 7. The van der Waals surface area contributed by atoms with Crippen LogP contribution in [0.15, 0.2) is 24.5 Å². The Morgan fingerprint density at radius 3 is 2.75 bits per heavy atom. The number of pyridine rings is 2. The SMILES string of the molecule is Cc1cc2[nH]ncc2c(-c2nc3c4c(nc(OC[C@]56CCCN5[C@@H](CO)CC6)nc4c2F)N([C@H](C)c2cc(F)cnc2N)[C@@H](C)CO3)c1C(F)(F)F. The van der Waals surface area contributed by atoms with Gasteiger partial charge in [0, 0.05) is 22.6 Å². The number of benzene rings is 1. The lowest BCUT2D eigenvalue weighted by molar-refractivity contribution is -0.137. The highest BCUT2D eigenvalue weighted by Gasteiger charge is 2.50. The van der Waals surface area contributed by atoms with Crippen LogP contribution in [0.4, 0.5) is 33.6 Å². The minimum atomic E-state index is -4.88. The Hall–Kier alpha value is -4.90. The summed E-state index contributed by atoms with van der Waals surface area (Å²) in [6.45, 7) is 5.71. The molecule has 0 radical (unpaired) electrons. The van der Waals surface area contributed by atoms with Crippen molar-refractivity contribution in [2.24, 2.45) is 0 Å². The number of fused-ring (bicyclic) bond motifs is 2. The molecule has 5 aromatic rings. The number of aliphatic hydroxyl groups excluding tert-OH is 1.